The van der Waals surface area contributed by atoms with Crippen molar-refractivity contribution in [3.05, 3.63) is 0 Å². The number of nitrogens with one attached hydrogen (secondary N) is 2. The Kier molecular flexibility index (Phi) is 29.5. The number of carboxylic acids is 2. The van der Waals surface area contributed by atoms with Crippen molar-refractivity contribution in [1.29, 1.82) is 0 Å². The van der Waals surface area contributed by atoms with Crippen LogP contribution in [0.3, 0.4) is 0 Å². The van der Waals surface area contributed by atoms with Gasteiger partial charge in [-0.3, -0.25) is 9.59 Å². The average molecular weight is 647 g/mol. The molecule has 0 aliphatic rings. The lowest BCUT2D eigenvalue weighted by atomic mass is 10.0. The molecule has 2 amide bonds. The predicted molar refractivity (Wildman–Crippen MR) is 174 cm³/mol. The SMILES string of the molecule is CCCCCC(=O)NC(CCSSCCC(NC(=O)CCCCCCCCCCCCCCCCC[NH3+])C(=O)[O-])C(=O)[O-]. The number of hydrogen-bond donors (Lipinski definition) is 3. The zero-order chi connectivity index (χ0) is 32.0. The molecule has 0 aromatic heterocycles. The van der Waals surface area contributed by atoms with E-state index in [9.17, 15) is 29.4 Å². The molecule has 11 heteroatoms. The Hall–Kier alpha value is -1.46. The minimum atomic E-state index is -1.31. The van der Waals surface area contributed by atoms with Gasteiger partial charge in [0.1, 0.15) is 0 Å². The zero-order valence-corrected chi connectivity index (χ0v) is 28.4. The predicted octanol–water partition coefficient (Wildman–Crippen LogP) is 3.68. The lowest BCUT2D eigenvalue weighted by molar-refractivity contribution is -0.368. The highest BCUT2D eigenvalue weighted by Crippen LogP contribution is 2.24. The number of carboxylic acid groups (broad SMARTS) is 2. The van der Waals surface area contributed by atoms with Crippen LogP contribution in [0.15, 0.2) is 0 Å². The number of carbonyl (C=O) groups excluding carboxylic acids is 4. The molecule has 0 rings (SSSR count). The second kappa shape index (κ2) is 30.6. The van der Waals surface area contributed by atoms with Crippen LogP contribution in [-0.4, -0.2) is 53.9 Å². The molecule has 0 heterocycles. The average Bonchev–Trinajstić information content (AvgIpc) is 2.97. The molecule has 0 aromatic rings. The van der Waals surface area contributed by atoms with Crippen LogP contribution in [0.5, 0.6) is 0 Å². The van der Waals surface area contributed by atoms with Crippen molar-refractivity contribution in [2.24, 2.45) is 0 Å². The molecule has 0 radical (unpaired) electrons. The summed E-state index contributed by atoms with van der Waals surface area (Å²) in [6, 6.07) is -2.08. The maximum absolute atomic E-state index is 12.2. The first-order valence-electron chi connectivity index (χ1n) is 16.9. The Bertz CT molecular complexity index is 729. The van der Waals surface area contributed by atoms with E-state index < -0.39 is 24.0 Å². The van der Waals surface area contributed by atoms with Crippen LogP contribution in [0, 0.1) is 0 Å². The van der Waals surface area contributed by atoms with E-state index in [4.69, 9.17) is 0 Å². The third kappa shape index (κ3) is 27.8. The van der Waals surface area contributed by atoms with Gasteiger partial charge in [-0.05, 0) is 38.5 Å². The van der Waals surface area contributed by atoms with Crippen molar-refractivity contribution in [3.8, 4) is 0 Å². The van der Waals surface area contributed by atoms with Crippen LogP contribution >= 0.6 is 21.6 Å². The van der Waals surface area contributed by atoms with Gasteiger partial charge in [0.05, 0.1) is 30.6 Å². The fourth-order valence-electron chi connectivity index (χ4n) is 4.78. The number of rotatable bonds is 32. The Labute approximate surface area is 268 Å². The summed E-state index contributed by atoms with van der Waals surface area (Å²) in [7, 11) is 2.80. The number of amides is 2. The fourth-order valence-corrected chi connectivity index (χ4v) is 6.96. The first kappa shape index (κ1) is 41.5. The lowest BCUT2D eigenvalue weighted by Gasteiger charge is -2.20. The molecule has 0 bridgehead atoms. The quantitative estimate of drug-likeness (QED) is 0.0735. The van der Waals surface area contributed by atoms with Crippen LogP contribution in [-0.2, 0) is 19.2 Å². The molecule has 43 heavy (non-hydrogen) atoms. The summed E-state index contributed by atoms with van der Waals surface area (Å²) in [5.41, 5.74) is 3.89. The van der Waals surface area contributed by atoms with Gasteiger partial charge in [-0.15, -0.1) is 0 Å². The molecule has 252 valence electrons. The van der Waals surface area contributed by atoms with E-state index in [1.807, 2.05) is 6.92 Å². The Morgan fingerprint density at radius 3 is 1.21 bits per heavy atom. The van der Waals surface area contributed by atoms with Crippen molar-refractivity contribution >= 4 is 45.3 Å². The van der Waals surface area contributed by atoms with Crippen LogP contribution < -0.4 is 26.6 Å². The van der Waals surface area contributed by atoms with Gasteiger partial charge < -0.3 is 36.2 Å². The number of carbonyl (C=O) groups is 4. The monoisotopic (exact) mass is 646 g/mol. The largest absolute Gasteiger partial charge is 0.548 e. The fraction of sp³-hybridized carbons (Fsp3) is 0.875. The third-order valence-electron chi connectivity index (χ3n) is 7.46. The summed E-state index contributed by atoms with van der Waals surface area (Å²) in [5, 5.41) is 27.9. The van der Waals surface area contributed by atoms with Crippen LogP contribution in [0.1, 0.15) is 148 Å². The molecule has 0 aliphatic carbocycles. The summed E-state index contributed by atoms with van der Waals surface area (Å²) >= 11 is 0. The van der Waals surface area contributed by atoms with Gasteiger partial charge in [0.25, 0.3) is 0 Å². The highest BCUT2D eigenvalue weighted by Gasteiger charge is 2.15. The van der Waals surface area contributed by atoms with Gasteiger partial charge in [0.15, 0.2) is 0 Å². The van der Waals surface area contributed by atoms with E-state index in [0.717, 1.165) is 45.1 Å². The minimum absolute atomic E-state index is 0.220. The van der Waals surface area contributed by atoms with Gasteiger partial charge >= 0.3 is 0 Å². The van der Waals surface area contributed by atoms with Crippen molar-refractivity contribution < 1.29 is 35.1 Å². The van der Waals surface area contributed by atoms with Crippen LogP contribution in [0.25, 0.3) is 0 Å². The minimum Gasteiger partial charge on any atom is -0.548 e. The highest BCUT2D eigenvalue weighted by atomic mass is 33.1. The standard InChI is InChI=1S/C32H61N3O6S2/c1-2-3-17-20-29(36)34-27(31(38)39)22-25-42-43-26-23-28(32(40)41)35-30(37)21-18-15-13-11-9-7-5-4-6-8-10-12-14-16-19-24-33/h27-28H,2-26,33H2,1H3,(H,34,36)(H,35,37)(H,38,39)(H,40,41)/p-1. The first-order valence-corrected chi connectivity index (χ1v) is 19.3. The molecule has 0 aromatic carbocycles. The maximum atomic E-state index is 12.2. The smallest absolute Gasteiger partial charge is 0.220 e. The van der Waals surface area contributed by atoms with Crippen molar-refractivity contribution in [2.75, 3.05) is 18.1 Å². The Morgan fingerprint density at radius 1 is 0.558 bits per heavy atom. The molecule has 0 spiro atoms. The molecule has 2 unspecified atom stereocenters. The van der Waals surface area contributed by atoms with E-state index in [0.29, 0.717) is 24.3 Å². The molecule has 2 atom stereocenters. The molecule has 0 saturated heterocycles. The molecule has 0 aliphatic heterocycles. The van der Waals surface area contributed by atoms with E-state index in [2.05, 4.69) is 16.4 Å². The van der Waals surface area contributed by atoms with E-state index in [1.54, 1.807) is 0 Å². The van der Waals surface area contributed by atoms with Crippen molar-refractivity contribution in [2.45, 2.75) is 160 Å². The molecule has 5 N–H and O–H groups in total. The maximum Gasteiger partial charge on any atom is 0.220 e. The molecular weight excluding hydrogens is 587 g/mol. The normalized spacial score (nSPS) is 12.5. The van der Waals surface area contributed by atoms with Crippen molar-refractivity contribution in [1.82, 2.24) is 10.6 Å². The molecule has 0 fully saturated rings. The summed E-state index contributed by atoms with van der Waals surface area (Å²) in [6.07, 6.45) is 22.2. The highest BCUT2D eigenvalue weighted by molar-refractivity contribution is 8.76. The second-order valence-electron chi connectivity index (χ2n) is 11.5. The van der Waals surface area contributed by atoms with Crippen LogP contribution in [0.4, 0.5) is 0 Å². The summed E-state index contributed by atoms with van der Waals surface area (Å²) in [5.74, 6) is -2.24. The van der Waals surface area contributed by atoms with E-state index in [1.165, 1.54) is 98.6 Å². The number of aliphatic carboxylic acids is 2. The second-order valence-corrected chi connectivity index (χ2v) is 14.2. The summed E-state index contributed by atoms with van der Waals surface area (Å²) in [6.45, 7) is 3.09. The third-order valence-corrected chi connectivity index (χ3v) is 9.94. The first-order chi connectivity index (χ1) is 20.8. The molecular formula is C32H60N3O6S2-. The number of quaternary nitrogens is 1. The van der Waals surface area contributed by atoms with Crippen molar-refractivity contribution in [3.63, 3.8) is 0 Å². The summed E-state index contributed by atoms with van der Waals surface area (Å²) < 4.78 is 0. The Morgan fingerprint density at radius 2 is 0.884 bits per heavy atom. The van der Waals surface area contributed by atoms with Gasteiger partial charge in [-0.25, -0.2) is 0 Å². The number of hydrogen-bond acceptors (Lipinski definition) is 8. The van der Waals surface area contributed by atoms with Gasteiger partial charge in [0.2, 0.25) is 11.8 Å². The Balaban J connectivity index is 3.82. The van der Waals surface area contributed by atoms with Gasteiger partial charge in [-0.1, -0.05) is 118 Å². The van der Waals surface area contributed by atoms with Gasteiger partial charge in [0, 0.05) is 24.3 Å². The van der Waals surface area contributed by atoms with Crippen LogP contribution in [0.2, 0.25) is 0 Å². The summed E-state index contributed by atoms with van der Waals surface area (Å²) in [4.78, 5) is 46.9. The number of unbranched alkanes of at least 4 members (excludes halogenated alkanes) is 16. The topological polar surface area (TPSA) is 166 Å². The molecule has 9 nitrogen and oxygen atoms in total. The zero-order valence-electron chi connectivity index (χ0n) is 26.8. The molecule has 0 saturated carbocycles. The lowest BCUT2D eigenvalue weighted by Crippen LogP contribution is -2.50. The van der Waals surface area contributed by atoms with E-state index >= 15 is 0 Å². The van der Waals surface area contributed by atoms with E-state index in [-0.39, 0.29) is 24.7 Å². The van der Waals surface area contributed by atoms with Gasteiger partial charge in [-0.2, -0.15) is 0 Å².